The lowest BCUT2D eigenvalue weighted by Crippen LogP contribution is -2.42. The van der Waals surface area contributed by atoms with Gasteiger partial charge in [0.05, 0.1) is 0 Å². The Labute approximate surface area is 117 Å². The average molecular weight is 311 g/mol. The van der Waals surface area contributed by atoms with Crippen molar-refractivity contribution in [2.24, 2.45) is 11.8 Å². The van der Waals surface area contributed by atoms with Crippen molar-refractivity contribution in [3.05, 3.63) is 28.5 Å². The Morgan fingerprint density at radius 1 is 1.44 bits per heavy atom. The van der Waals surface area contributed by atoms with Crippen molar-refractivity contribution in [1.82, 2.24) is 10.3 Å². The predicted molar refractivity (Wildman–Crippen MR) is 75.4 cm³/mol. The summed E-state index contributed by atoms with van der Waals surface area (Å²) >= 11 is 3.28. The van der Waals surface area contributed by atoms with E-state index in [2.05, 4.69) is 40.1 Å². The third-order valence-corrected chi connectivity index (χ3v) is 4.17. The zero-order chi connectivity index (χ0) is 13.1. The van der Waals surface area contributed by atoms with Crippen LogP contribution in [-0.2, 0) is 0 Å². The van der Waals surface area contributed by atoms with Crippen molar-refractivity contribution in [3.8, 4) is 0 Å². The van der Waals surface area contributed by atoms with Gasteiger partial charge >= 0.3 is 0 Å². The molecule has 0 aromatic carbocycles. The summed E-state index contributed by atoms with van der Waals surface area (Å²) in [5.41, 5.74) is 0.669. The van der Waals surface area contributed by atoms with Crippen LogP contribution in [0.15, 0.2) is 22.9 Å². The van der Waals surface area contributed by atoms with Gasteiger partial charge in [0.25, 0.3) is 5.91 Å². The molecule has 3 atom stereocenters. The first-order valence-electron chi connectivity index (χ1n) is 6.48. The highest BCUT2D eigenvalue weighted by Crippen LogP contribution is 2.28. The zero-order valence-electron chi connectivity index (χ0n) is 10.8. The number of pyridine rings is 1. The topological polar surface area (TPSA) is 42.0 Å². The Kier molecular flexibility index (Phi) is 4.38. The maximum absolute atomic E-state index is 12.1. The molecule has 0 radical (unpaired) electrons. The number of nitrogens with zero attached hydrogens (tertiary/aromatic N) is 1. The van der Waals surface area contributed by atoms with Crippen LogP contribution in [0.25, 0.3) is 0 Å². The highest BCUT2D eigenvalue weighted by molar-refractivity contribution is 9.10. The first-order valence-corrected chi connectivity index (χ1v) is 7.28. The van der Waals surface area contributed by atoms with Gasteiger partial charge in [-0.25, -0.2) is 4.98 Å². The van der Waals surface area contributed by atoms with Gasteiger partial charge in [0.15, 0.2) is 0 Å². The number of amides is 1. The van der Waals surface area contributed by atoms with Crippen molar-refractivity contribution >= 4 is 21.8 Å². The summed E-state index contributed by atoms with van der Waals surface area (Å²) in [5.74, 6) is 1.34. The van der Waals surface area contributed by atoms with Gasteiger partial charge in [0.1, 0.15) is 4.60 Å². The molecular formula is C14H19BrN2O. The van der Waals surface area contributed by atoms with E-state index in [1.807, 2.05) is 0 Å². The monoisotopic (exact) mass is 310 g/mol. The maximum Gasteiger partial charge on any atom is 0.251 e. The third kappa shape index (κ3) is 3.31. The normalized spacial score (nSPS) is 27.8. The number of aromatic nitrogens is 1. The van der Waals surface area contributed by atoms with E-state index in [0.29, 0.717) is 22.1 Å². The molecular weight excluding hydrogens is 292 g/mol. The first-order chi connectivity index (χ1) is 8.56. The van der Waals surface area contributed by atoms with Crippen LogP contribution in [0.1, 0.15) is 43.5 Å². The van der Waals surface area contributed by atoms with Gasteiger partial charge in [-0.15, -0.1) is 0 Å². The predicted octanol–water partition coefficient (Wildman–Crippen LogP) is 3.40. The molecule has 3 unspecified atom stereocenters. The summed E-state index contributed by atoms with van der Waals surface area (Å²) in [5, 5.41) is 3.15. The van der Waals surface area contributed by atoms with Crippen LogP contribution >= 0.6 is 15.9 Å². The molecule has 0 saturated heterocycles. The highest BCUT2D eigenvalue weighted by Gasteiger charge is 2.26. The lowest BCUT2D eigenvalue weighted by molar-refractivity contribution is 0.0899. The second kappa shape index (κ2) is 5.83. The fraction of sp³-hybridized carbons (Fsp3) is 0.571. The minimum Gasteiger partial charge on any atom is -0.349 e. The van der Waals surface area contributed by atoms with Crippen molar-refractivity contribution in [2.75, 3.05) is 0 Å². The fourth-order valence-electron chi connectivity index (χ4n) is 2.68. The van der Waals surface area contributed by atoms with Gasteiger partial charge in [0, 0.05) is 17.8 Å². The molecule has 1 N–H and O–H groups in total. The number of hydrogen-bond acceptors (Lipinski definition) is 2. The number of hydrogen-bond donors (Lipinski definition) is 1. The first kappa shape index (κ1) is 13.5. The Balaban J connectivity index is 1.99. The third-order valence-electron chi connectivity index (χ3n) is 3.74. The van der Waals surface area contributed by atoms with Gasteiger partial charge in [-0.05, 0) is 59.2 Å². The molecule has 1 aromatic heterocycles. The highest BCUT2D eigenvalue weighted by atomic mass is 79.9. The summed E-state index contributed by atoms with van der Waals surface area (Å²) in [6.07, 6.45) is 5.13. The summed E-state index contributed by atoms with van der Waals surface area (Å²) in [6, 6.07) is 3.81. The molecule has 0 bridgehead atoms. The number of rotatable bonds is 2. The summed E-state index contributed by atoms with van der Waals surface area (Å²) in [4.78, 5) is 16.2. The van der Waals surface area contributed by atoms with Crippen molar-refractivity contribution in [3.63, 3.8) is 0 Å². The summed E-state index contributed by atoms with van der Waals surface area (Å²) < 4.78 is 0.695. The maximum atomic E-state index is 12.1. The molecule has 1 amide bonds. The molecule has 1 fully saturated rings. The van der Waals surface area contributed by atoms with Crippen LogP contribution < -0.4 is 5.32 Å². The van der Waals surface area contributed by atoms with Gasteiger partial charge in [0.2, 0.25) is 0 Å². The lowest BCUT2D eigenvalue weighted by Gasteiger charge is -2.33. The van der Waals surface area contributed by atoms with E-state index in [4.69, 9.17) is 0 Å². The molecule has 98 valence electrons. The van der Waals surface area contributed by atoms with E-state index < -0.39 is 0 Å². The molecule has 1 saturated carbocycles. The second-order valence-electron chi connectivity index (χ2n) is 5.34. The molecule has 1 aliphatic carbocycles. The number of carbonyl (C=O) groups is 1. The van der Waals surface area contributed by atoms with Crippen LogP contribution in [0.5, 0.6) is 0 Å². The van der Waals surface area contributed by atoms with Crippen molar-refractivity contribution < 1.29 is 4.79 Å². The number of carbonyl (C=O) groups excluding carboxylic acids is 1. The molecule has 0 aliphatic heterocycles. The molecule has 1 aromatic rings. The molecule has 1 aliphatic rings. The van der Waals surface area contributed by atoms with Crippen molar-refractivity contribution in [1.29, 1.82) is 0 Å². The number of halogens is 1. The molecule has 4 heteroatoms. The molecule has 1 heterocycles. The Hall–Kier alpha value is -0.900. The van der Waals surface area contributed by atoms with Crippen molar-refractivity contribution in [2.45, 2.75) is 39.2 Å². The standard InChI is InChI=1S/C14H19BrN2O/c1-9-3-4-12(10(2)7-9)17-14(18)11-5-6-16-13(15)8-11/h5-6,8-10,12H,3-4,7H2,1-2H3,(H,17,18). The SMILES string of the molecule is CC1CCC(NC(=O)c2ccnc(Br)c2)C(C)C1. The van der Waals surface area contributed by atoms with Crippen LogP contribution in [0.2, 0.25) is 0 Å². The minimum absolute atomic E-state index is 0.00417. The smallest absolute Gasteiger partial charge is 0.251 e. The van der Waals surface area contributed by atoms with E-state index in [0.717, 1.165) is 12.3 Å². The largest absolute Gasteiger partial charge is 0.349 e. The van der Waals surface area contributed by atoms with E-state index in [-0.39, 0.29) is 5.91 Å². The van der Waals surface area contributed by atoms with Gasteiger partial charge in [-0.1, -0.05) is 13.8 Å². The second-order valence-corrected chi connectivity index (χ2v) is 6.16. The minimum atomic E-state index is 0.00417. The summed E-state index contributed by atoms with van der Waals surface area (Å²) in [7, 11) is 0. The zero-order valence-corrected chi connectivity index (χ0v) is 12.4. The molecule has 3 nitrogen and oxygen atoms in total. The Morgan fingerprint density at radius 3 is 2.89 bits per heavy atom. The van der Waals surface area contributed by atoms with Crippen LogP contribution in [0, 0.1) is 11.8 Å². The quantitative estimate of drug-likeness (QED) is 0.851. The van der Waals surface area contributed by atoms with E-state index in [9.17, 15) is 4.79 Å². The van der Waals surface area contributed by atoms with Crippen LogP contribution in [0.3, 0.4) is 0 Å². The van der Waals surface area contributed by atoms with Gasteiger partial charge in [-0.3, -0.25) is 4.79 Å². The Morgan fingerprint density at radius 2 is 2.22 bits per heavy atom. The van der Waals surface area contributed by atoms with Gasteiger partial charge < -0.3 is 5.32 Å². The molecule has 18 heavy (non-hydrogen) atoms. The number of nitrogens with one attached hydrogen (secondary N) is 1. The molecule has 0 spiro atoms. The average Bonchev–Trinajstić information content (AvgIpc) is 2.32. The lowest BCUT2D eigenvalue weighted by atomic mass is 9.80. The van der Waals surface area contributed by atoms with E-state index in [1.165, 1.54) is 12.8 Å². The fourth-order valence-corrected chi connectivity index (χ4v) is 3.04. The van der Waals surface area contributed by atoms with E-state index >= 15 is 0 Å². The van der Waals surface area contributed by atoms with Gasteiger partial charge in [-0.2, -0.15) is 0 Å². The molecule has 2 rings (SSSR count). The van der Waals surface area contributed by atoms with Crippen LogP contribution in [0.4, 0.5) is 0 Å². The van der Waals surface area contributed by atoms with Crippen LogP contribution in [-0.4, -0.2) is 16.9 Å². The summed E-state index contributed by atoms with van der Waals surface area (Å²) in [6.45, 7) is 4.51. The Bertz CT molecular complexity index is 436. The van der Waals surface area contributed by atoms with E-state index in [1.54, 1.807) is 18.3 Å².